The average molecular weight is 314 g/mol. The molecule has 1 heterocycles. The minimum absolute atomic E-state index is 0.0624. The molecule has 7 heteroatoms. The summed E-state index contributed by atoms with van der Waals surface area (Å²) < 4.78 is 36.6. The van der Waals surface area contributed by atoms with Crippen molar-refractivity contribution in [1.82, 2.24) is 10.6 Å². The molecule has 1 aliphatic rings. The number of benzene rings is 1. The molecule has 5 nitrogen and oxygen atoms in total. The van der Waals surface area contributed by atoms with Gasteiger partial charge < -0.3 is 10.6 Å². The van der Waals surface area contributed by atoms with Crippen LogP contribution in [0.2, 0.25) is 0 Å². The molecule has 0 radical (unpaired) electrons. The molecule has 0 aromatic heterocycles. The Balaban J connectivity index is 2.11. The van der Waals surface area contributed by atoms with Gasteiger partial charge in [-0.3, -0.25) is 4.79 Å². The number of carbonyl (C=O) groups excluding carboxylic acids is 1. The van der Waals surface area contributed by atoms with E-state index in [-0.39, 0.29) is 22.8 Å². The standard InChI is InChI=1S/C14H19FN2O3S/c1-9(17-14(18)11-5-6-16-8-11)10-3-4-13(12(15)7-10)21(2,19)20/h3-4,7,9,11,16H,5-6,8H2,1-2H3,(H,17,18). The first-order valence-electron chi connectivity index (χ1n) is 6.79. The van der Waals surface area contributed by atoms with Gasteiger partial charge in [0.15, 0.2) is 9.84 Å². The lowest BCUT2D eigenvalue weighted by Crippen LogP contribution is -2.33. The first-order chi connectivity index (χ1) is 9.79. The van der Waals surface area contributed by atoms with Crippen LogP contribution in [-0.2, 0) is 14.6 Å². The molecule has 1 fully saturated rings. The highest BCUT2D eigenvalue weighted by molar-refractivity contribution is 7.90. The number of rotatable bonds is 4. The van der Waals surface area contributed by atoms with Gasteiger partial charge in [-0.05, 0) is 37.6 Å². The Bertz CT molecular complexity index is 640. The molecule has 0 aliphatic carbocycles. The molecule has 116 valence electrons. The number of hydrogen-bond acceptors (Lipinski definition) is 4. The van der Waals surface area contributed by atoms with Crippen molar-refractivity contribution in [2.24, 2.45) is 5.92 Å². The van der Waals surface area contributed by atoms with E-state index in [1.54, 1.807) is 6.92 Å². The third-order valence-corrected chi connectivity index (χ3v) is 4.78. The summed E-state index contributed by atoms with van der Waals surface area (Å²) in [5, 5.41) is 5.94. The zero-order valence-electron chi connectivity index (χ0n) is 12.0. The fraction of sp³-hybridized carbons (Fsp3) is 0.500. The second-order valence-electron chi connectivity index (χ2n) is 5.38. The zero-order chi connectivity index (χ0) is 15.6. The van der Waals surface area contributed by atoms with Crippen molar-refractivity contribution in [1.29, 1.82) is 0 Å². The van der Waals surface area contributed by atoms with Crippen molar-refractivity contribution in [3.8, 4) is 0 Å². The topological polar surface area (TPSA) is 75.3 Å². The van der Waals surface area contributed by atoms with E-state index in [0.29, 0.717) is 12.1 Å². The Morgan fingerprint density at radius 1 is 1.48 bits per heavy atom. The summed E-state index contributed by atoms with van der Waals surface area (Å²) in [5.41, 5.74) is 0.541. The molecule has 1 aliphatic heterocycles. The van der Waals surface area contributed by atoms with Gasteiger partial charge in [-0.25, -0.2) is 12.8 Å². The number of halogens is 1. The van der Waals surface area contributed by atoms with E-state index in [9.17, 15) is 17.6 Å². The normalized spacial score (nSPS) is 20.2. The number of sulfone groups is 1. The smallest absolute Gasteiger partial charge is 0.224 e. The summed E-state index contributed by atoms with van der Waals surface area (Å²) in [7, 11) is -3.58. The van der Waals surface area contributed by atoms with Gasteiger partial charge in [0.25, 0.3) is 0 Å². The van der Waals surface area contributed by atoms with Gasteiger partial charge in [0.1, 0.15) is 10.7 Å². The van der Waals surface area contributed by atoms with Gasteiger partial charge in [-0.1, -0.05) is 6.07 Å². The molecule has 1 saturated heterocycles. The van der Waals surface area contributed by atoms with Gasteiger partial charge in [0.05, 0.1) is 12.0 Å². The van der Waals surface area contributed by atoms with Crippen LogP contribution >= 0.6 is 0 Å². The predicted molar refractivity (Wildman–Crippen MR) is 77.0 cm³/mol. The number of nitrogens with one attached hydrogen (secondary N) is 2. The van der Waals surface area contributed by atoms with Crippen LogP contribution in [0.1, 0.15) is 24.9 Å². The van der Waals surface area contributed by atoms with E-state index in [1.165, 1.54) is 12.1 Å². The van der Waals surface area contributed by atoms with Gasteiger partial charge in [0.2, 0.25) is 5.91 Å². The summed E-state index contributed by atoms with van der Waals surface area (Å²) in [6, 6.07) is 3.55. The molecular formula is C14H19FN2O3S. The maximum atomic E-state index is 13.8. The second kappa shape index (κ2) is 6.11. The van der Waals surface area contributed by atoms with Crippen molar-refractivity contribution in [2.75, 3.05) is 19.3 Å². The summed E-state index contributed by atoms with van der Waals surface area (Å²) >= 11 is 0. The van der Waals surface area contributed by atoms with Gasteiger partial charge in [-0.15, -0.1) is 0 Å². The monoisotopic (exact) mass is 314 g/mol. The molecule has 1 aromatic carbocycles. The summed E-state index contributed by atoms with van der Waals surface area (Å²) in [6.45, 7) is 3.22. The Morgan fingerprint density at radius 3 is 2.71 bits per heavy atom. The van der Waals surface area contributed by atoms with E-state index in [4.69, 9.17) is 0 Å². The van der Waals surface area contributed by atoms with Crippen molar-refractivity contribution >= 4 is 15.7 Å². The Labute approximate surface area is 123 Å². The molecule has 21 heavy (non-hydrogen) atoms. The highest BCUT2D eigenvalue weighted by atomic mass is 32.2. The van der Waals surface area contributed by atoms with E-state index >= 15 is 0 Å². The van der Waals surface area contributed by atoms with Crippen LogP contribution in [0.15, 0.2) is 23.1 Å². The third kappa shape index (κ3) is 3.79. The molecule has 2 atom stereocenters. The van der Waals surface area contributed by atoms with Crippen molar-refractivity contribution in [3.63, 3.8) is 0 Å². The summed E-state index contributed by atoms with van der Waals surface area (Å²) in [5.74, 6) is -0.925. The summed E-state index contributed by atoms with van der Waals surface area (Å²) in [6.07, 6.45) is 1.75. The first kappa shape index (κ1) is 15.9. The lowest BCUT2D eigenvalue weighted by Gasteiger charge is -2.17. The molecule has 2 rings (SSSR count). The number of carbonyl (C=O) groups is 1. The Morgan fingerprint density at radius 2 is 2.19 bits per heavy atom. The van der Waals surface area contributed by atoms with Crippen LogP contribution in [0.5, 0.6) is 0 Å². The highest BCUT2D eigenvalue weighted by Crippen LogP contribution is 2.21. The van der Waals surface area contributed by atoms with Crippen molar-refractivity contribution in [3.05, 3.63) is 29.6 Å². The van der Waals surface area contributed by atoms with E-state index in [2.05, 4.69) is 10.6 Å². The quantitative estimate of drug-likeness (QED) is 0.870. The van der Waals surface area contributed by atoms with Crippen LogP contribution in [0.3, 0.4) is 0 Å². The lowest BCUT2D eigenvalue weighted by molar-refractivity contribution is -0.125. The molecular weight excluding hydrogens is 295 g/mol. The minimum Gasteiger partial charge on any atom is -0.349 e. The van der Waals surface area contributed by atoms with E-state index in [0.717, 1.165) is 25.3 Å². The van der Waals surface area contributed by atoms with Crippen LogP contribution in [-0.4, -0.2) is 33.7 Å². The van der Waals surface area contributed by atoms with Gasteiger partial charge >= 0.3 is 0 Å². The molecule has 2 unspecified atom stereocenters. The van der Waals surface area contributed by atoms with Crippen molar-refractivity contribution in [2.45, 2.75) is 24.3 Å². The first-order valence-corrected chi connectivity index (χ1v) is 8.69. The third-order valence-electron chi connectivity index (χ3n) is 3.65. The Kier molecular flexibility index (Phi) is 4.63. The molecule has 0 saturated carbocycles. The lowest BCUT2D eigenvalue weighted by atomic mass is 10.1. The SMILES string of the molecule is CC(NC(=O)C1CCNC1)c1ccc(S(C)(=O)=O)c(F)c1. The average Bonchev–Trinajstić information content (AvgIpc) is 2.90. The maximum Gasteiger partial charge on any atom is 0.224 e. The van der Waals surface area contributed by atoms with Gasteiger partial charge in [-0.2, -0.15) is 0 Å². The zero-order valence-corrected chi connectivity index (χ0v) is 12.8. The molecule has 1 aromatic rings. The molecule has 0 spiro atoms. The van der Waals surface area contributed by atoms with Crippen molar-refractivity contribution < 1.29 is 17.6 Å². The molecule has 0 bridgehead atoms. The molecule has 1 amide bonds. The van der Waals surface area contributed by atoms with Crippen LogP contribution < -0.4 is 10.6 Å². The fourth-order valence-electron chi connectivity index (χ4n) is 2.38. The Hall–Kier alpha value is -1.47. The van der Waals surface area contributed by atoms with E-state index < -0.39 is 15.7 Å². The number of hydrogen-bond donors (Lipinski definition) is 2. The minimum atomic E-state index is -3.58. The fourth-order valence-corrected chi connectivity index (χ4v) is 3.11. The predicted octanol–water partition coefficient (Wildman–Crippen LogP) is 1.02. The maximum absolute atomic E-state index is 13.8. The van der Waals surface area contributed by atoms with Gasteiger partial charge in [0, 0.05) is 12.8 Å². The largest absolute Gasteiger partial charge is 0.349 e. The second-order valence-corrected chi connectivity index (χ2v) is 7.37. The number of amides is 1. The van der Waals surface area contributed by atoms with E-state index in [1.807, 2.05) is 0 Å². The van der Waals surface area contributed by atoms with Crippen LogP contribution in [0, 0.1) is 11.7 Å². The molecule has 2 N–H and O–H groups in total. The van der Waals surface area contributed by atoms with Crippen LogP contribution in [0.25, 0.3) is 0 Å². The summed E-state index contributed by atoms with van der Waals surface area (Å²) in [4.78, 5) is 11.7. The van der Waals surface area contributed by atoms with Crippen LogP contribution in [0.4, 0.5) is 4.39 Å². The highest BCUT2D eigenvalue weighted by Gasteiger charge is 2.24.